The van der Waals surface area contributed by atoms with Gasteiger partial charge in [0.1, 0.15) is 0 Å². The van der Waals surface area contributed by atoms with E-state index in [1.54, 1.807) is 18.2 Å². The van der Waals surface area contributed by atoms with Gasteiger partial charge < -0.3 is 14.1 Å². The zero-order chi connectivity index (χ0) is 36.3. The average molecular weight is 743 g/mol. The number of allylic oxidation sites excluding steroid dienone is 2. The Bertz CT molecular complexity index is 2350. The maximum atomic E-state index is 13.2. The molecule has 1 fully saturated rings. The third kappa shape index (κ3) is 8.30. The number of benzene rings is 4. The molecule has 7 rings (SSSR count). The maximum absolute atomic E-state index is 13.2. The van der Waals surface area contributed by atoms with E-state index in [0.717, 1.165) is 41.5 Å². The molecule has 1 aromatic heterocycles. The van der Waals surface area contributed by atoms with E-state index in [-0.39, 0.29) is 18.2 Å². The highest BCUT2D eigenvalue weighted by atomic mass is 32.2. The zero-order valence-electron chi connectivity index (χ0n) is 28.7. The molecule has 1 saturated heterocycles. The van der Waals surface area contributed by atoms with Crippen molar-refractivity contribution in [2.24, 2.45) is 0 Å². The molecule has 0 saturated carbocycles. The minimum Gasteiger partial charge on any atom is -0.439 e. The van der Waals surface area contributed by atoms with Gasteiger partial charge in [-0.05, 0) is 65.3 Å². The van der Waals surface area contributed by atoms with Gasteiger partial charge in [0, 0.05) is 31.8 Å². The number of fused-ring (bicyclic) bond motifs is 2. The van der Waals surface area contributed by atoms with Gasteiger partial charge in [0.25, 0.3) is 21.5 Å². The van der Waals surface area contributed by atoms with Crippen LogP contribution in [0, 0.1) is 0 Å². The summed E-state index contributed by atoms with van der Waals surface area (Å²) in [5.41, 5.74) is 6.08. The Hall–Kier alpha value is -4.79. The van der Waals surface area contributed by atoms with Gasteiger partial charge in [0.2, 0.25) is 11.5 Å². The highest BCUT2D eigenvalue weighted by Crippen LogP contribution is 2.42. The number of nitrogens with zero attached hydrogens (tertiary/aromatic N) is 3. The van der Waals surface area contributed by atoms with E-state index in [2.05, 4.69) is 0 Å². The molecule has 2 aliphatic rings. The van der Waals surface area contributed by atoms with Gasteiger partial charge in [-0.1, -0.05) is 86.1 Å². The second kappa shape index (κ2) is 15.1. The second-order valence-electron chi connectivity index (χ2n) is 12.8. The Morgan fingerprint density at radius 3 is 2.15 bits per heavy atom. The van der Waals surface area contributed by atoms with Crippen molar-refractivity contribution in [1.29, 1.82) is 0 Å². The molecule has 0 spiro atoms. The van der Waals surface area contributed by atoms with E-state index in [1.807, 2.05) is 103 Å². The predicted molar refractivity (Wildman–Crippen MR) is 200 cm³/mol. The maximum Gasteiger partial charge on any atom is 0.375 e. The molecule has 2 aliphatic heterocycles. The molecule has 1 N–H and O–H groups in total. The van der Waals surface area contributed by atoms with Crippen molar-refractivity contribution in [1.82, 2.24) is 5.06 Å². The number of hydroxylamine groups is 2. The fraction of sp³-hybridized carbons (Fsp3) is 0.256. The van der Waals surface area contributed by atoms with Gasteiger partial charge in [-0.25, -0.2) is 0 Å². The van der Waals surface area contributed by atoms with Crippen LogP contribution in [-0.4, -0.2) is 51.8 Å². The molecule has 11 nitrogen and oxygen atoms in total. The first kappa shape index (κ1) is 35.6. The van der Waals surface area contributed by atoms with E-state index in [0.29, 0.717) is 53.5 Å². The largest absolute Gasteiger partial charge is 0.439 e. The number of piperidine rings is 1. The number of oxazole rings is 1. The van der Waals surface area contributed by atoms with E-state index in [9.17, 15) is 21.4 Å². The van der Waals surface area contributed by atoms with Crippen LogP contribution in [0.5, 0.6) is 5.75 Å². The fourth-order valence-corrected chi connectivity index (χ4v) is 8.01. The normalized spacial score (nSPS) is 16.4. The van der Waals surface area contributed by atoms with Crippen LogP contribution in [0.25, 0.3) is 39.4 Å². The lowest BCUT2D eigenvalue weighted by Gasteiger charge is -2.25. The van der Waals surface area contributed by atoms with E-state index < -0.39 is 26.1 Å². The van der Waals surface area contributed by atoms with Crippen LogP contribution >= 0.6 is 0 Å². The quantitative estimate of drug-likeness (QED) is 0.104. The second-order valence-corrected chi connectivity index (χ2v) is 15.9. The molecule has 270 valence electrons. The van der Waals surface area contributed by atoms with Crippen molar-refractivity contribution >= 4 is 43.1 Å². The van der Waals surface area contributed by atoms with Crippen molar-refractivity contribution in [3.63, 3.8) is 0 Å². The first-order valence-corrected chi connectivity index (χ1v) is 20.5. The standard InChI is InChI=1S/C39H39N3O8S2/c1-2-29(25-39-42(28-51(43,44)45)35-27-33(17-19-37(35)49-39)31-14-8-4-9-15-31)24-38-41(22-23-52(46,47)50-40-20-10-5-11-21-40)34-26-32(16-18-36(34)48-38)30-12-6-3-7-13-30/h3-4,6-9,12-19,24-27H,2,5,10-11,20-23,28H2,1H3/p+1. The smallest absolute Gasteiger partial charge is 0.375 e. The predicted octanol–water partition coefficient (Wildman–Crippen LogP) is 7.18. The van der Waals surface area contributed by atoms with E-state index in [1.165, 1.54) is 9.63 Å². The molecule has 5 aromatic rings. The summed E-state index contributed by atoms with van der Waals surface area (Å²) >= 11 is 0. The van der Waals surface area contributed by atoms with Crippen LogP contribution in [0.1, 0.15) is 38.5 Å². The zero-order valence-corrected chi connectivity index (χ0v) is 30.4. The lowest BCUT2D eigenvalue weighted by atomic mass is 10.0. The Kier molecular flexibility index (Phi) is 10.3. The first-order chi connectivity index (χ1) is 25.0. The van der Waals surface area contributed by atoms with Gasteiger partial charge >= 0.3 is 16.0 Å². The van der Waals surface area contributed by atoms with Crippen LogP contribution in [0.15, 0.2) is 119 Å². The van der Waals surface area contributed by atoms with Gasteiger partial charge in [-0.2, -0.15) is 26.2 Å². The minimum absolute atomic E-state index is 0.0555. The summed E-state index contributed by atoms with van der Waals surface area (Å²) < 4.78 is 80.2. The van der Waals surface area contributed by atoms with Gasteiger partial charge in [-0.3, -0.25) is 4.55 Å². The summed E-state index contributed by atoms with van der Waals surface area (Å²) in [4.78, 5) is 1.82. The number of anilines is 1. The van der Waals surface area contributed by atoms with Crippen LogP contribution < -0.4 is 14.2 Å². The molecule has 0 amide bonds. The monoisotopic (exact) mass is 742 g/mol. The molecule has 0 aliphatic carbocycles. The first-order valence-electron chi connectivity index (χ1n) is 17.3. The van der Waals surface area contributed by atoms with Gasteiger partial charge in [0.15, 0.2) is 5.75 Å². The lowest BCUT2D eigenvalue weighted by molar-refractivity contribution is -0.658. The SMILES string of the molecule is CCC(=C/c1oc2ccc(-c3ccccc3)cc2[n+]1CS(=O)(=O)O)/C=C1\Oc2ccc(-c3ccccc3)cc2N1CCS(=O)(=O)ON1CCCCC1. The molecule has 4 aromatic carbocycles. The average Bonchev–Trinajstić information content (AvgIpc) is 3.66. The number of ether oxygens (including phenoxy) is 1. The molecular weight excluding hydrogens is 703 g/mol. The lowest BCUT2D eigenvalue weighted by Crippen LogP contribution is -2.39. The minimum atomic E-state index is -4.45. The molecule has 13 heteroatoms. The summed E-state index contributed by atoms with van der Waals surface area (Å²) in [6.45, 7) is 3.12. The Morgan fingerprint density at radius 1 is 0.846 bits per heavy atom. The van der Waals surface area contributed by atoms with Crippen LogP contribution in [-0.2, 0) is 30.4 Å². The molecule has 3 heterocycles. The summed E-state index contributed by atoms with van der Waals surface area (Å²) in [7, 11) is -8.37. The number of hydrogen-bond acceptors (Lipinski definition) is 9. The topological polar surface area (TPSA) is 130 Å². The Balaban J connectivity index is 1.26. The summed E-state index contributed by atoms with van der Waals surface area (Å²) in [5.74, 6) is 0.159. The molecule has 52 heavy (non-hydrogen) atoms. The van der Waals surface area contributed by atoms with Crippen molar-refractivity contribution in [2.75, 3.05) is 30.3 Å². The van der Waals surface area contributed by atoms with Crippen LogP contribution in [0.3, 0.4) is 0 Å². The highest BCUT2D eigenvalue weighted by Gasteiger charge is 2.31. The number of aromatic nitrogens is 1. The molecule has 0 bridgehead atoms. The fourth-order valence-electron chi connectivity index (χ4n) is 6.47. The van der Waals surface area contributed by atoms with Crippen LogP contribution in [0.2, 0.25) is 0 Å². The van der Waals surface area contributed by atoms with Crippen molar-refractivity contribution in [2.45, 2.75) is 38.5 Å². The molecular formula is C39H40N3O8S2+. The third-order valence-electron chi connectivity index (χ3n) is 9.09. The molecule has 0 atom stereocenters. The summed E-state index contributed by atoms with van der Waals surface area (Å²) in [5, 5.41) is 1.52. The van der Waals surface area contributed by atoms with E-state index in [4.69, 9.17) is 13.4 Å². The highest BCUT2D eigenvalue weighted by molar-refractivity contribution is 7.86. The Morgan fingerprint density at radius 2 is 1.50 bits per heavy atom. The van der Waals surface area contributed by atoms with Gasteiger partial charge in [-0.15, -0.1) is 4.57 Å². The van der Waals surface area contributed by atoms with Crippen molar-refractivity contribution < 1.29 is 39.4 Å². The van der Waals surface area contributed by atoms with Crippen molar-refractivity contribution in [3.05, 3.63) is 120 Å². The third-order valence-corrected chi connectivity index (χ3v) is 10.8. The van der Waals surface area contributed by atoms with E-state index >= 15 is 0 Å². The number of rotatable bonds is 12. The van der Waals surface area contributed by atoms with Crippen LogP contribution in [0.4, 0.5) is 5.69 Å². The van der Waals surface area contributed by atoms with Gasteiger partial charge in [0.05, 0.1) is 17.5 Å². The van der Waals surface area contributed by atoms with Crippen molar-refractivity contribution in [3.8, 4) is 28.0 Å². The Labute approximate surface area is 303 Å². The number of hydrogen-bond donors (Lipinski definition) is 1. The summed E-state index contributed by atoms with van der Waals surface area (Å²) in [6, 6.07) is 30.8. The molecule has 0 unspecified atom stereocenters. The summed E-state index contributed by atoms with van der Waals surface area (Å²) in [6.07, 6.45) is 6.80. The molecule has 0 radical (unpaired) electrons.